The first-order valence-corrected chi connectivity index (χ1v) is 6.37. The number of aromatic nitrogens is 1. The minimum absolute atomic E-state index is 0.0122. The summed E-state index contributed by atoms with van der Waals surface area (Å²) >= 11 is 0. The minimum Gasteiger partial charge on any atom is -0.410 e. The van der Waals surface area contributed by atoms with Crippen molar-refractivity contribution in [3.05, 3.63) is 53.2 Å². The van der Waals surface area contributed by atoms with Crippen LogP contribution in [-0.4, -0.2) is 24.5 Å². The predicted molar refractivity (Wildman–Crippen MR) is 70.7 cm³/mol. The molecule has 0 spiro atoms. The molecule has 0 aliphatic heterocycles. The summed E-state index contributed by atoms with van der Waals surface area (Å²) in [5.41, 5.74) is 0.881. The van der Waals surface area contributed by atoms with Crippen molar-refractivity contribution in [2.24, 2.45) is 0 Å². The van der Waals surface area contributed by atoms with Gasteiger partial charge in [-0.25, -0.2) is 0 Å². The number of hydrogen-bond acceptors (Lipinski definition) is 4. The van der Waals surface area contributed by atoms with Crippen LogP contribution in [0.3, 0.4) is 0 Å². The van der Waals surface area contributed by atoms with Crippen molar-refractivity contribution in [3.8, 4) is 0 Å². The van der Waals surface area contributed by atoms with Gasteiger partial charge >= 0.3 is 6.36 Å². The van der Waals surface area contributed by atoms with Crippen LogP contribution in [0.4, 0.5) is 13.2 Å². The van der Waals surface area contributed by atoms with E-state index in [2.05, 4.69) is 15.2 Å². The van der Waals surface area contributed by atoms with Crippen molar-refractivity contribution in [3.63, 3.8) is 0 Å². The minimum atomic E-state index is -4.70. The van der Waals surface area contributed by atoms with Gasteiger partial charge in [0.25, 0.3) is 5.91 Å². The summed E-state index contributed by atoms with van der Waals surface area (Å²) in [6.45, 7) is 0. The fourth-order valence-electron chi connectivity index (χ4n) is 1.83. The lowest BCUT2D eigenvalue weighted by Crippen LogP contribution is -2.17. The number of carbonyl (C=O) groups is 1. The summed E-state index contributed by atoms with van der Waals surface area (Å²) in [5.74, 6) is -0.125. The van der Waals surface area contributed by atoms with E-state index in [1.165, 1.54) is 25.3 Å². The van der Waals surface area contributed by atoms with Gasteiger partial charge in [0.15, 0.2) is 5.69 Å². The zero-order chi connectivity index (χ0) is 16.2. The molecule has 0 atom stereocenters. The monoisotopic (exact) mass is 314 g/mol. The lowest BCUT2D eigenvalue weighted by molar-refractivity contribution is -0.305. The van der Waals surface area contributed by atoms with Gasteiger partial charge in [0, 0.05) is 26.0 Å². The average molecular weight is 314 g/mol. The summed E-state index contributed by atoms with van der Waals surface area (Å²) in [6.07, 6.45) is 1.60. The third kappa shape index (κ3) is 4.51. The number of amides is 1. The summed E-state index contributed by atoms with van der Waals surface area (Å²) in [4.78, 5) is 11.4. The van der Waals surface area contributed by atoms with Crippen LogP contribution in [0.25, 0.3) is 0 Å². The maximum atomic E-state index is 12.2. The molecule has 0 fully saturated rings. The molecule has 1 aromatic heterocycles. The fraction of sp³-hybridized carbons (Fsp3) is 0.286. The van der Waals surface area contributed by atoms with E-state index in [0.717, 1.165) is 5.57 Å². The molecule has 1 aliphatic carbocycles. The Kier molecular flexibility index (Phi) is 4.69. The van der Waals surface area contributed by atoms with Crippen molar-refractivity contribution in [1.29, 1.82) is 0 Å². The number of rotatable bonds is 4. The number of carbonyl (C=O) groups excluding carboxylic acids is 1. The number of hydrogen-bond donors (Lipinski definition) is 1. The fourth-order valence-corrected chi connectivity index (χ4v) is 1.83. The molecule has 8 heteroatoms. The molecule has 0 aromatic carbocycles. The van der Waals surface area contributed by atoms with E-state index in [9.17, 15) is 18.0 Å². The third-order valence-corrected chi connectivity index (χ3v) is 2.80. The molecule has 0 bridgehead atoms. The van der Waals surface area contributed by atoms with Gasteiger partial charge in [-0.05, 0) is 11.6 Å². The first-order chi connectivity index (χ1) is 10.4. The van der Waals surface area contributed by atoms with Crippen LogP contribution in [-0.2, 0) is 11.2 Å². The molecule has 22 heavy (non-hydrogen) atoms. The molecule has 0 saturated carbocycles. The van der Waals surface area contributed by atoms with E-state index >= 15 is 0 Å². The highest BCUT2D eigenvalue weighted by Gasteiger charge is 2.31. The number of halogens is 3. The molecule has 118 valence electrons. The Morgan fingerprint density at radius 2 is 2.27 bits per heavy atom. The maximum Gasteiger partial charge on any atom is 0.572 e. The van der Waals surface area contributed by atoms with Gasteiger partial charge < -0.3 is 14.6 Å². The Balaban J connectivity index is 2.00. The van der Waals surface area contributed by atoms with Crippen molar-refractivity contribution < 1.29 is 27.2 Å². The number of nitrogens with zero attached hydrogens (tertiary/aromatic N) is 1. The SMILES string of the molecule is CNC(=O)c1cc(CC2=CCC(OC(F)(F)F)=CC=C2)on1. The molecular weight excluding hydrogens is 301 g/mol. The first-order valence-electron chi connectivity index (χ1n) is 6.37. The summed E-state index contributed by atoms with van der Waals surface area (Å²) in [7, 11) is 1.47. The van der Waals surface area contributed by atoms with E-state index in [1.54, 1.807) is 12.2 Å². The molecule has 5 nitrogen and oxygen atoms in total. The molecule has 0 radical (unpaired) electrons. The third-order valence-electron chi connectivity index (χ3n) is 2.80. The van der Waals surface area contributed by atoms with Gasteiger partial charge in [-0.1, -0.05) is 23.4 Å². The van der Waals surface area contributed by atoms with Gasteiger partial charge in [0.2, 0.25) is 0 Å². The van der Waals surface area contributed by atoms with Crippen molar-refractivity contribution in [2.75, 3.05) is 7.05 Å². The lowest BCUT2D eigenvalue weighted by Gasteiger charge is -2.10. The Morgan fingerprint density at radius 3 is 2.95 bits per heavy atom. The zero-order valence-corrected chi connectivity index (χ0v) is 11.6. The maximum absolute atomic E-state index is 12.2. The molecule has 1 heterocycles. The van der Waals surface area contributed by atoms with Crippen molar-refractivity contribution in [1.82, 2.24) is 10.5 Å². The Morgan fingerprint density at radius 1 is 1.50 bits per heavy atom. The normalized spacial score (nSPS) is 14.9. The molecule has 0 saturated heterocycles. The standard InChI is InChI=1S/C14H13F3N2O3/c1-18-13(20)12-8-11(22-19-12)7-9-3-2-4-10(6-5-9)21-14(15,16)17/h2-5,8H,6-7H2,1H3,(H,18,20). The van der Waals surface area contributed by atoms with E-state index in [4.69, 9.17) is 4.52 Å². The predicted octanol–water partition coefficient (Wildman–Crippen LogP) is 2.88. The van der Waals surface area contributed by atoms with Crippen LogP contribution in [0.2, 0.25) is 0 Å². The van der Waals surface area contributed by atoms with Crippen LogP contribution >= 0.6 is 0 Å². The van der Waals surface area contributed by atoms with Crippen LogP contribution in [0.5, 0.6) is 0 Å². The number of nitrogens with one attached hydrogen (secondary N) is 1. The van der Waals surface area contributed by atoms with Crippen LogP contribution in [0, 0.1) is 0 Å². The second-order valence-corrected chi connectivity index (χ2v) is 4.46. The van der Waals surface area contributed by atoms with Crippen molar-refractivity contribution >= 4 is 5.91 Å². The molecule has 2 rings (SSSR count). The largest absolute Gasteiger partial charge is 0.572 e. The first kappa shape index (κ1) is 15.9. The smallest absolute Gasteiger partial charge is 0.410 e. The van der Waals surface area contributed by atoms with E-state index in [1.807, 2.05) is 0 Å². The number of ether oxygens (including phenoxy) is 1. The summed E-state index contributed by atoms with van der Waals surface area (Å²) < 4.78 is 45.4. The van der Waals surface area contributed by atoms with Crippen molar-refractivity contribution in [2.45, 2.75) is 19.2 Å². The molecular formula is C14H13F3N2O3. The number of allylic oxidation sites excluding steroid dienone is 5. The second-order valence-electron chi connectivity index (χ2n) is 4.46. The van der Waals surface area contributed by atoms with E-state index in [-0.39, 0.29) is 23.8 Å². The highest BCUT2D eigenvalue weighted by Crippen LogP contribution is 2.25. The molecule has 1 amide bonds. The van der Waals surface area contributed by atoms with Gasteiger partial charge in [-0.15, -0.1) is 13.2 Å². The van der Waals surface area contributed by atoms with Crippen LogP contribution < -0.4 is 5.32 Å². The zero-order valence-electron chi connectivity index (χ0n) is 11.6. The summed E-state index contributed by atoms with van der Waals surface area (Å²) in [5, 5.41) is 6.03. The molecule has 0 unspecified atom stereocenters. The van der Waals surface area contributed by atoms with E-state index < -0.39 is 6.36 Å². The summed E-state index contributed by atoms with van der Waals surface area (Å²) in [6, 6.07) is 1.49. The lowest BCUT2D eigenvalue weighted by atomic mass is 10.1. The average Bonchev–Trinajstić information content (AvgIpc) is 2.79. The Labute approximate surface area is 124 Å². The van der Waals surface area contributed by atoms with E-state index in [0.29, 0.717) is 12.2 Å². The Bertz CT molecular complexity index is 642. The quantitative estimate of drug-likeness (QED) is 0.928. The second kappa shape index (κ2) is 6.50. The molecule has 1 aliphatic rings. The van der Waals surface area contributed by atoms with Crippen LogP contribution in [0.1, 0.15) is 22.7 Å². The van der Waals surface area contributed by atoms with Gasteiger partial charge in [0.1, 0.15) is 11.5 Å². The van der Waals surface area contributed by atoms with Gasteiger partial charge in [0.05, 0.1) is 0 Å². The van der Waals surface area contributed by atoms with Gasteiger partial charge in [-0.2, -0.15) is 0 Å². The highest BCUT2D eigenvalue weighted by molar-refractivity contribution is 5.91. The highest BCUT2D eigenvalue weighted by atomic mass is 19.4. The molecule has 1 aromatic rings. The number of alkyl halides is 3. The Hall–Kier alpha value is -2.51. The van der Waals surface area contributed by atoms with Gasteiger partial charge in [-0.3, -0.25) is 4.79 Å². The topological polar surface area (TPSA) is 64.4 Å². The molecule has 1 N–H and O–H groups in total. The van der Waals surface area contributed by atoms with Crippen LogP contribution in [0.15, 0.2) is 46.2 Å².